The Kier molecular flexibility index (Phi) is 6.04. The molecule has 0 aliphatic carbocycles. The minimum atomic E-state index is -0.337. The van der Waals surface area contributed by atoms with E-state index in [0.717, 1.165) is 5.69 Å². The predicted molar refractivity (Wildman–Crippen MR) is 126 cm³/mol. The summed E-state index contributed by atoms with van der Waals surface area (Å²) in [5.41, 5.74) is 2.79. The molecule has 1 fully saturated rings. The Morgan fingerprint density at radius 2 is 1.89 bits per heavy atom. The van der Waals surface area contributed by atoms with Gasteiger partial charge in [-0.25, -0.2) is 14.1 Å². The van der Waals surface area contributed by atoms with E-state index < -0.39 is 0 Å². The maximum atomic E-state index is 13.5. The van der Waals surface area contributed by atoms with Crippen LogP contribution >= 0.6 is 0 Å². The van der Waals surface area contributed by atoms with Gasteiger partial charge in [0.1, 0.15) is 11.5 Å². The smallest absolute Gasteiger partial charge is 0.267 e. The van der Waals surface area contributed by atoms with E-state index in [0.29, 0.717) is 60.3 Å². The van der Waals surface area contributed by atoms with Gasteiger partial charge in [0.25, 0.3) is 11.5 Å². The van der Waals surface area contributed by atoms with Gasteiger partial charge in [-0.2, -0.15) is 5.10 Å². The summed E-state index contributed by atoms with van der Waals surface area (Å²) in [4.78, 5) is 32.3. The lowest BCUT2D eigenvalue weighted by Crippen LogP contribution is -2.43. The number of ether oxygens (including phenoxy) is 2. The number of pyridine rings is 1. The van der Waals surface area contributed by atoms with E-state index in [2.05, 4.69) is 10.1 Å². The molecule has 1 aliphatic rings. The molecule has 0 N–H and O–H groups in total. The third-order valence-corrected chi connectivity index (χ3v) is 5.93. The number of benzene rings is 1. The average molecular weight is 477 g/mol. The van der Waals surface area contributed by atoms with Gasteiger partial charge in [-0.05, 0) is 56.3 Å². The quantitative estimate of drug-likeness (QED) is 0.439. The van der Waals surface area contributed by atoms with E-state index in [9.17, 15) is 14.0 Å². The molecule has 0 atom stereocenters. The number of carbonyl (C=O) groups is 1. The number of aromatic nitrogens is 4. The molecule has 0 bridgehead atoms. The second-order valence-electron chi connectivity index (χ2n) is 8.28. The van der Waals surface area contributed by atoms with Crippen LogP contribution in [-0.4, -0.2) is 62.9 Å². The van der Waals surface area contributed by atoms with E-state index >= 15 is 0 Å². The van der Waals surface area contributed by atoms with Crippen LogP contribution in [0.5, 0.6) is 5.75 Å². The maximum absolute atomic E-state index is 13.5. The van der Waals surface area contributed by atoms with Crippen LogP contribution in [0.15, 0.2) is 53.5 Å². The zero-order chi connectivity index (χ0) is 24.5. The molecule has 1 amide bonds. The second-order valence-corrected chi connectivity index (χ2v) is 8.28. The van der Waals surface area contributed by atoms with E-state index in [1.54, 1.807) is 53.0 Å². The largest absolute Gasteiger partial charge is 0.480 e. The minimum Gasteiger partial charge on any atom is -0.480 e. The molecule has 5 rings (SSSR count). The van der Waals surface area contributed by atoms with Gasteiger partial charge in [-0.15, -0.1) is 0 Å². The number of rotatable bonds is 5. The SMILES string of the molecule is Cc1nc2c(OCC(=O)N3CCOCC3)cccn2c(=O)c1-c1cc(C)n(-c2ccc(F)cc2)n1. The van der Waals surface area contributed by atoms with E-state index in [1.807, 2.05) is 6.92 Å². The highest BCUT2D eigenvalue weighted by atomic mass is 19.1. The average Bonchev–Trinajstić information content (AvgIpc) is 3.24. The molecular formula is C25H24FN5O4. The molecule has 4 heterocycles. The van der Waals surface area contributed by atoms with Crippen LogP contribution < -0.4 is 10.3 Å². The molecule has 4 aromatic rings. The summed E-state index contributed by atoms with van der Waals surface area (Å²) in [6.07, 6.45) is 1.61. The van der Waals surface area contributed by atoms with Crippen LogP contribution in [0.25, 0.3) is 22.6 Å². The van der Waals surface area contributed by atoms with Gasteiger partial charge in [0.05, 0.1) is 30.2 Å². The molecule has 35 heavy (non-hydrogen) atoms. The molecule has 10 heteroatoms. The Balaban J connectivity index is 1.48. The number of hydrogen-bond donors (Lipinski definition) is 0. The monoisotopic (exact) mass is 477 g/mol. The molecule has 0 spiro atoms. The first-order valence-corrected chi connectivity index (χ1v) is 11.3. The molecule has 1 aliphatic heterocycles. The summed E-state index contributed by atoms with van der Waals surface area (Å²) in [7, 11) is 0. The number of hydrogen-bond acceptors (Lipinski definition) is 6. The summed E-state index contributed by atoms with van der Waals surface area (Å²) in [5.74, 6) is -0.141. The van der Waals surface area contributed by atoms with Crippen molar-refractivity contribution in [2.75, 3.05) is 32.9 Å². The van der Waals surface area contributed by atoms with Crippen LogP contribution in [0.3, 0.4) is 0 Å². The fraction of sp³-hybridized carbons (Fsp3) is 0.280. The van der Waals surface area contributed by atoms with Crippen molar-refractivity contribution < 1.29 is 18.7 Å². The fourth-order valence-electron chi connectivity index (χ4n) is 4.13. The molecular weight excluding hydrogens is 453 g/mol. The molecule has 1 saturated heterocycles. The van der Waals surface area contributed by atoms with Crippen LogP contribution in [0.2, 0.25) is 0 Å². The Morgan fingerprint density at radius 3 is 2.63 bits per heavy atom. The third-order valence-electron chi connectivity index (χ3n) is 5.93. The molecule has 180 valence electrons. The summed E-state index contributed by atoms with van der Waals surface area (Å²) < 4.78 is 27.4. The number of nitrogens with zero attached hydrogens (tertiary/aromatic N) is 5. The lowest BCUT2D eigenvalue weighted by Gasteiger charge is -2.26. The van der Waals surface area contributed by atoms with Crippen LogP contribution in [-0.2, 0) is 9.53 Å². The summed E-state index contributed by atoms with van der Waals surface area (Å²) in [6.45, 7) is 5.52. The number of fused-ring (bicyclic) bond motifs is 1. The lowest BCUT2D eigenvalue weighted by atomic mass is 10.1. The Labute approximate surface area is 200 Å². The molecule has 0 saturated carbocycles. The zero-order valence-electron chi connectivity index (χ0n) is 19.4. The summed E-state index contributed by atoms with van der Waals surface area (Å²) in [5, 5.41) is 4.59. The minimum absolute atomic E-state index is 0.146. The van der Waals surface area contributed by atoms with Gasteiger partial charge in [0.15, 0.2) is 18.0 Å². The van der Waals surface area contributed by atoms with Gasteiger partial charge in [0, 0.05) is 25.0 Å². The van der Waals surface area contributed by atoms with Crippen molar-refractivity contribution in [1.29, 1.82) is 0 Å². The van der Waals surface area contributed by atoms with Gasteiger partial charge >= 0.3 is 0 Å². The lowest BCUT2D eigenvalue weighted by molar-refractivity contribution is -0.137. The van der Waals surface area contributed by atoms with Gasteiger partial charge in [-0.3, -0.25) is 14.0 Å². The normalized spacial score (nSPS) is 13.9. The van der Waals surface area contributed by atoms with Crippen molar-refractivity contribution in [1.82, 2.24) is 24.1 Å². The van der Waals surface area contributed by atoms with Crippen molar-refractivity contribution in [3.05, 3.63) is 76.2 Å². The Morgan fingerprint density at radius 1 is 1.14 bits per heavy atom. The third kappa shape index (κ3) is 4.40. The van der Waals surface area contributed by atoms with Crippen LogP contribution in [0, 0.1) is 19.7 Å². The molecule has 0 unspecified atom stereocenters. The summed E-state index contributed by atoms with van der Waals surface area (Å²) >= 11 is 0. The molecule has 0 radical (unpaired) electrons. The Hall–Kier alpha value is -4.05. The zero-order valence-corrected chi connectivity index (χ0v) is 19.4. The van der Waals surface area contributed by atoms with E-state index in [1.165, 1.54) is 16.5 Å². The number of morpholine rings is 1. The van der Waals surface area contributed by atoms with Gasteiger partial charge in [-0.1, -0.05) is 0 Å². The number of carbonyl (C=O) groups excluding carboxylic acids is 1. The standard InChI is InChI=1S/C25H24FN5O4/c1-16-14-20(28-31(16)19-7-5-18(26)6-8-19)23-17(2)27-24-21(4-3-9-30(24)25(23)33)35-15-22(32)29-10-12-34-13-11-29/h3-9,14H,10-13,15H2,1-2H3. The van der Waals surface area contributed by atoms with Gasteiger partial charge < -0.3 is 14.4 Å². The molecule has 9 nitrogen and oxygen atoms in total. The predicted octanol–water partition coefficient (Wildman–Crippen LogP) is 2.54. The highest BCUT2D eigenvalue weighted by molar-refractivity contribution is 5.78. The number of aryl methyl sites for hydroxylation is 2. The highest BCUT2D eigenvalue weighted by Crippen LogP contribution is 2.24. The second kappa shape index (κ2) is 9.30. The van der Waals surface area contributed by atoms with E-state index in [4.69, 9.17) is 9.47 Å². The van der Waals surface area contributed by atoms with Crippen molar-refractivity contribution in [2.45, 2.75) is 13.8 Å². The summed E-state index contributed by atoms with van der Waals surface area (Å²) in [6, 6.07) is 11.1. The molecule has 1 aromatic carbocycles. The van der Waals surface area contributed by atoms with Crippen LogP contribution in [0.4, 0.5) is 4.39 Å². The molecule has 3 aromatic heterocycles. The Bertz CT molecular complexity index is 1460. The topological polar surface area (TPSA) is 91.0 Å². The van der Waals surface area contributed by atoms with E-state index in [-0.39, 0.29) is 23.9 Å². The van der Waals surface area contributed by atoms with Crippen molar-refractivity contribution in [2.24, 2.45) is 0 Å². The van der Waals surface area contributed by atoms with Crippen molar-refractivity contribution in [3.8, 4) is 22.7 Å². The first-order valence-electron chi connectivity index (χ1n) is 11.3. The highest BCUT2D eigenvalue weighted by Gasteiger charge is 2.20. The van der Waals surface area contributed by atoms with Crippen LogP contribution in [0.1, 0.15) is 11.4 Å². The van der Waals surface area contributed by atoms with Gasteiger partial charge in [0.2, 0.25) is 0 Å². The fourth-order valence-corrected chi connectivity index (χ4v) is 4.13. The van der Waals surface area contributed by atoms with Crippen molar-refractivity contribution in [3.63, 3.8) is 0 Å². The number of amides is 1. The first-order chi connectivity index (χ1) is 16.9. The van der Waals surface area contributed by atoms with Crippen molar-refractivity contribution >= 4 is 11.6 Å². The maximum Gasteiger partial charge on any atom is 0.267 e. The first kappa shape index (κ1) is 22.7. The number of halogens is 1.